The van der Waals surface area contributed by atoms with Crippen LogP contribution < -0.4 is 4.74 Å². The van der Waals surface area contributed by atoms with Gasteiger partial charge in [-0.3, -0.25) is 14.7 Å². The summed E-state index contributed by atoms with van der Waals surface area (Å²) in [5.74, 6) is 1.68. The molecule has 5 rings (SSSR count). The topological polar surface area (TPSA) is 54.9 Å². The molecule has 2 aliphatic heterocycles. The molecule has 2 aromatic rings. The van der Waals surface area contributed by atoms with Crippen molar-refractivity contribution in [3.05, 3.63) is 59.9 Å². The van der Waals surface area contributed by atoms with Crippen molar-refractivity contribution in [3.8, 4) is 5.75 Å². The Balaban J connectivity index is 1.41. The van der Waals surface area contributed by atoms with E-state index in [1.54, 1.807) is 13.3 Å². The zero-order valence-corrected chi connectivity index (χ0v) is 17.5. The van der Waals surface area contributed by atoms with Gasteiger partial charge in [0.1, 0.15) is 5.75 Å². The van der Waals surface area contributed by atoms with Crippen LogP contribution in [0, 0.1) is 5.92 Å². The monoisotopic (exact) mass is 407 g/mol. The number of carbonyl (C=O) groups excluding carboxylic acids is 1. The summed E-state index contributed by atoms with van der Waals surface area (Å²) in [7, 11) is 1.68. The quantitative estimate of drug-likeness (QED) is 0.737. The Morgan fingerprint density at radius 3 is 2.77 bits per heavy atom. The fraction of sp³-hybridized carbons (Fsp3) is 0.500. The predicted molar refractivity (Wildman–Crippen MR) is 113 cm³/mol. The Morgan fingerprint density at radius 1 is 1.23 bits per heavy atom. The first kappa shape index (κ1) is 19.5. The van der Waals surface area contributed by atoms with Gasteiger partial charge in [0, 0.05) is 51.0 Å². The number of ether oxygens (including phenoxy) is 2. The molecule has 0 bridgehead atoms. The van der Waals surface area contributed by atoms with Gasteiger partial charge in [0.2, 0.25) is 0 Å². The van der Waals surface area contributed by atoms with E-state index in [1.807, 2.05) is 24.4 Å². The van der Waals surface area contributed by atoms with Crippen molar-refractivity contribution in [1.82, 2.24) is 14.8 Å². The number of methoxy groups -OCH3 is 1. The maximum atomic E-state index is 13.7. The molecule has 2 saturated heterocycles. The largest absolute Gasteiger partial charge is 0.497 e. The van der Waals surface area contributed by atoms with Crippen molar-refractivity contribution < 1.29 is 14.3 Å². The fourth-order valence-electron chi connectivity index (χ4n) is 4.90. The SMILES string of the molecule is COc1ccc(CN2C[C@H](c3cccnc3)[C@@]3(C2)OCCN(CC2CC2)C3=O)cc1. The molecule has 158 valence electrons. The lowest BCUT2D eigenvalue weighted by molar-refractivity contribution is -0.172. The molecular weight excluding hydrogens is 378 g/mol. The van der Waals surface area contributed by atoms with Gasteiger partial charge in [0.25, 0.3) is 5.91 Å². The predicted octanol–water partition coefficient (Wildman–Crippen LogP) is 2.70. The lowest BCUT2D eigenvalue weighted by Gasteiger charge is -2.42. The van der Waals surface area contributed by atoms with E-state index in [-0.39, 0.29) is 11.8 Å². The van der Waals surface area contributed by atoms with Crippen molar-refractivity contribution in [3.63, 3.8) is 0 Å². The van der Waals surface area contributed by atoms with Crippen LogP contribution >= 0.6 is 0 Å². The maximum Gasteiger partial charge on any atom is 0.256 e. The minimum Gasteiger partial charge on any atom is -0.497 e. The number of benzene rings is 1. The maximum absolute atomic E-state index is 13.7. The molecule has 6 nitrogen and oxygen atoms in total. The van der Waals surface area contributed by atoms with E-state index in [4.69, 9.17) is 9.47 Å². The van der Waals surface area contributed by atoms with Crippen molar-refractivity contribution in [2.75, 3.05) is 39.9 Å². The second kappa shape index (κ2) is 8.00. The van der Waals surface area contributed by atoms with Crippen LogP contribution in [0.4, 0.5) is 0 Å². The van der Waals surface area contributed by atoms with Crippen molar-refractivity contribution in [2.45, 2.75) is 30.9 Å². The molecule has 1 aromatic heterocycles. The van der Waals surface area contributed by atoms with Gasteiger partial charge < -0.3 is 14.4 Å². The zero-order valence-electron chi connectivity index (χ0n) is 17.5. The van der Waals surface area contributed by atoms with Gasteiger partial charge in [-0.1, -0.05) is 18.2 Å². The molecule has 3 fully saturated rings. The second-order valence-corrected chi connectivity index (χ2v) is 8.79. The number of aromatic nitrogens is 1. The lowest BCUT2D eigenvalue weighted by atomic mass is 9.83. The van der Waals surface area contributed by atoms with Gasteiger partial charge in [-0.25, -0.2) is 0 Å². The van der Waals surface area contributed by atoms with E-state index >= 15 is 0 Å². The summed E-state index contributed by atoms with van der Waals surface area (Å²) in [6.07, 6.45) is 6.16. The average molecular weight is 408 g/mol. The molecule has 1 aliphatic carbocycles. The fourth-order valence-corrected chi connectivity index (χ4v) is 4.90. The van der Waals surface area contributed by atoms with E-state index in [1.165, 1.54) is 18.4 Å². The lowest BCUT2D eigenvalue weighted by Crippen LogP contribution is -2.60. The molecule has 30 heavy (non-hydrogen) atoms. The smallest absolute Gasteiger partial charge is 0.256 e. The molecular formula is C24H29N3O3. The first-order valence-electron chi connectivity index (χ1n) is 10.9. The first-order valence-corrected chi connectivity index (χ1v) is 10.9. The number of rotatable bonds is 6. The molecule has 6 heteroatoms. The van der Waals surface area contributed by atoms with Crippen molar-refractivity contribution in [1.29, 1.82) is 0 Å². The third-order valence-corrected chi connectivity index (χ3v) is 6.66. The average Bonchev–Trinajstić information content (AvgIpc) is 3.53. The van der Waals surface area contributed by atoms with E-state index in [2.05, 4.69) is 33.0 Å². The number of amides is 1. The van der Waals surface area contributed by atoms with Crippen LogP contribution in [-0.2, 0) is 16.1 Å². The third-order valence-electron chi connectivity index (χ3n) is 6.66. The third kappa shape index (κ3) is 3.70. The highest BCUT2D eigenvalue weighted by Gasteiger charge is 2.57. The number of pyridine rings is 1. The van der Waals surface area contributed by atoms with Crippen molar-refractivity contribution in [2.24, 2.45) is 5.92 Å². The number of likely N-dealkylation sites (tertiary alicyclic amines) is 1. The molecule has 0 unspecified atom stereocenters. The summed E-state index contributed by atoms with van der Waals surface area (Å²) >= 11 is 0. The molecule has 1 aromatic carbocycles. The summed E-state index contributed by atoms with van der Waals surface area (Å²) in [4.78, 5) is 22.4. The van der Waals surface area contributed by atoms with Gasteiger partial charge >= 0.3 is 0 Å². The molecule has 1 amide bonds. The Kier molecular flexibility index (Phi) is 5.21. The molecule has 1 spiro atoms. The van der Waals surface area contributed by atoms with E-state index in [0.29, 0.717) is 25.6 Å². The Bertz CT molecular complexity index is 884. The van der Waals surface area contributed by atoms with Crippen molar-refractivity contribution >= 4 is 5.91 Å². The summed E-state index contributed by atoms with van der Waals surface area (Å²) in [6.45, 7) is 4.35. The van der Waals surface area contributed by atoms with Gasteiger partial charge in [-0.05, 0) is 48.1 Å². The van der Waals surface area contributed by atoms with E-state index in [0.717, 1.165) is 30.9 Å². The number of carbonyl (C=O) groups is 1. The Hall–Kier alpha value is -2.44. The highest BCUT2D eigenvalue weighted by Crippen LogP contribution is 2.43. The normalized spacial score (nSPS) is 27.0. The van der Waals surface area contributed by atoms with Crippen LogP contribution in [0.25, 0.3) is 0 Å². The number of hydrogen-bond acceptors (Lipinski definition) is 5. The van der Waals surface area contributed by atoms with Crippen LogP contribution in [0.2, 0.25) is 0 Å². The highest BCUT2D eigenvalue weighted by molar-refractivity contribution is 5.88. The van der Waals surface area contributed by atoms with Gasteiger partial charge in [0.15, 0.2) is 5.60 Å². The summed E-state index contributed by atoms with van der Waals surface area (Å²) in [5.41, 5.74) is 1.47. The minimum absolute atomic E-state index is 0.0149. The van der Waals surface area contributed by atoms with Crippen LogP contribution in [-0.4, -0.2) is 66.2 Å². The molecule has 0 N–H and O–H groups in total. The standard InChI is InChI=1S/C24H29N3O3/c1-29-21-8-6-18(7-9-21)14-26-16-22(20-3-2-10-25-13-20)24(17-26)23(28)27(11-12-30-24)15-19-4-5-19/h2-3,6-10,13,19,22H,4-5,11-12,14-17H2,1H3/t22-,24-/m1/s1. The summed E-state index contributed by atoms with van der Waals surface area (Å²) in [6, 6.07) is 12.2. The van der Waals surface area contributed by atoms with E-state index < -0.39 is 5.60 Å². The first-order chi connectivity index (χ1) is 14.7. The summed E-state index contributed by atoms with van der Waals surface area (Å²) < 4.78 is 11.6. The molecule has 1 saturated carbocycles. The van der Waals surface area contributed by atoms with Gasteiger partial charge in [-0.15, -0.1) is 0 Å². The van der Waals surface area contributed by atoms with Crippen LogP contribution in [0.15, 0.2) is 48.8 Å². The molecule has 2 atom stereocenters. The van der Waals surface area contributed by atoms with Gasteiger partial charge in [0.05, 0.1) is 13.7 Å². The second-order valence-electron chi connectivity index (χ2n) is 8.79. The highest BCUT2D eigenvalue weighted by atomic mass is 16.5. The molecule has 3 heterocycles. The van der Waals surface area contributed by atoms with Crippen LogP contribution in [0.3, 0.4) is 0 Å². The molecule has 3 aliphatic rings. The Labute approximate surface area is 177 Å². The van der Waals surface area contributed by atoms with Crippen LogP contribution in [0.5, 0.6) is 5.75 Å². The number of nitrogens with zero attached hydrogens (tertiary/aromatic N) is 3. The number of morpholine rings is 1. The Morgan fingerprint density at radius 2 is 2.07 bits per heavy atom. The van der Waals surface area contributed by atoms with Crippen LogP contribution in [0.1, 0.15) is 29.9 Å². The number of hydrogen-bond donors (Lipinski definition) is 0. The zero-order chi connectivity index (χ0) is 20.6. The van der Waals surface area contributed by atoms with Gasteiger partial charge in [-0.2, -0.15) is 0 Å². The van der Waals surface area contributed by atoms with E-state index in [9.17, 15) is 4.79 Å². The molecule has 0 radical (unpaired) electrons. The summed E-state index contributed by atoms with van der Waals surface area (Å²) in [5, 5.41) is 0. The minimum atomic E-state index is -0.817.